The molecule has 1 aliphatic rings. The van der Waals surface area contributed by atoms with E-state index in [1.165, 1.54) is 16.7 Å². The van der Waals surface area contributed by atoms with Gasteiger partial charge in [0.05, 0.1) is 29.6 Å². The monoisotopic (exact) mass is 669 g/mol. The van der Waals surface area contributed by atoms with E-state index in [9.17, 15) is 32.3 Å². The molecule has 47 heavy (non-hydrogen) atoms. The van der Waals surface area contributed by atoms with Gasteiger partial charge in [-0.25, -0.2) is 4.79 Å². The highest BCUT2D eigenvalue weighted by atomic mass is 32.1. The van der Waals surface area contributed by atoms with Gasteiger partial charge in [0, 0.05) is 6.04 Å². The zero-order chi connectivity index (χ0) is 34.3. The molecule has 2 amide bonds. The molecule has 0 bridgehead atoms. The average molecular weight is 670 g/mol. The molecule has 4 rings (SSSR count). The van der Waals surface area contributed by atoms with Crippen LogP contribution in [0.2, 0.25) is 0 Å². The van der Waals surface area contributed by atoms with E-state index in [2.05, 4.69) is 22.7 Å². The molecule has 3 atom stereocenters. The first kappa shape index (κ1) is 35.0. The van der Waals surface area contributed by atoms with Crippen LogP contribution in [0.3, 0.4) is 0 Å². The number of fused-ring (bicyclic) bond motifs is 1. The first-order valence-corrected chi connectivity index (χ1v) is 15.2. The van der Waals surface area contributed by atoms with E-state index >= 15 is 0 Å². The van der Waals surface area contributed by atoms with Crippen molar-refractivity contribution in [3.63, 3.8) is 0 Å². The number of nitrogens with zero attached hydrogens (tertiary/aromatic N) is 2. The Morgan fingerprint density at radius 2 is 1.66 bits per heavy atom. The number of esters is 2. The van der Waals surface area contributed by atoms with E-state index in [-0.39, 0.29) is 23.4 Å². The topological polar surface area (TPSA) is 146 Å². The van der Waals surface area contributed by atoms with Gasteiger partial charge in [-0.1, -0.05) is 66.7 Å². The van der Waals surface area contributed by atoms with E-state index in [4.69, 9.17) is 11.1 Å². The fourth-order valence-electron chi connectivity index (χ4n) is 5.40. The minimum absolute atomic E-state index is 0.102. The van der Waals surface area contributed by atoms with Crippen molar-refractivity contribution in [3.8, 4) is 0 Å². The summed E-state index contributed by atoms with van der Waals surface area (Å²) >= 11 is 4.38. The highest BCUT2D eigenvalue weighted by molar-refractivity contribution is 7.80. The Morgan fingerprint density at radius 3 is 2.28 bits per heavy atom. The Bertz CT molecular complexity index is 1620. The van der Waals surface area contributed by atoms with Gasteiger partial charge in [0.25, 0.3) is 11.8 Å². The molecular weight excluding hydrogens is 635 g/mol. The van der Waals surface area contributed by atoms with Crippen LogP contribution >= 0.6 is 12.6 Å². The fourth-order valence-corrected chi connectivity index (χ4v) is 5.72. The van der Waals surface area contributed by atoms with Crippen LogP contribution in [-0.4, -0.2) is 52.2 Å². The van der Waals surface area contributed by atoms with Crippen molar-refractivity contribution < 1.29 is 37.1 Å². The highest BCUT2D eigenvalue weighted by Crippen LogP contribution is 2.38. The number of hydrogen-bond acceptors (Lipinski definition) is 7. The van der Waals surface area contributed by atoms with Crippen molar-refractivity contribution in [2.75, 3.05) is 4.90 Å². The zero-order valence-electron chi connectivity index (χ0n) is 25.4. The van der Waals surface area contributed by atoms with Gasteiger partial charge in [0.15, 0.2) is 5.96 Å². The number of carbonyl (C=O) groups excluding carboxylic acids is 4. The number of hydrogen-bond donors (Lipinski definition) is 4. The van der Waals surface area contributed by atoms with Crippen molar-refractivity contribution in [3.05, 3.63) is 101 Å². The normalized spacial score (nSPS) is 16.1. The number of carbonyl (C=O) groups is 4. The number of amides is 2. The molecule has 3 aromatic rings. The molecule has 0 radical (unpaired) electrons. The molecule has 14 heteroatoms. The molecule has 1 heterocycles. The zero-order valence-corrected chi connectivity index (χ0v) is 26.3. The molecular formula is C33H34F3N5O5S. The maximum atomic E-state index is 14.6. The number of alkyl halides is 3. The number of nitrogens with one attached hydrogen (secondary N) is 2. The number of guanidine groups is 1. The number of thiol groups is 1. The number of ether oxygens (including phenoxy) is 1. The van der Waals surface area contributed by atoms with Crippen molar-refractivity contribution in [2.45, 2.75) is 62.8 Å². The lowest BCUT2D eigenvalue weighted by Crippen LogP contribution is -2.47. The second kappa shape index (κ2) is 15.2. The molecule has 0 aliphatic carbocycles. The number of benzene rings is 3. The quantitative estimate of drug-likeness (QED) is 0.0568. The molecule has 0 fully saturated rings. The van der Waals surface area contributed by atoms with Crippen LogP contribution in [0.15, 0.2) is 78.9 Å². The molecule has 10 nitrogen and oxygen atoms in total. The summed E-state index contributed by atoms with van der Waals surface area (Å²) in [4.78, 5) is 55.6. The lowest BCUT2D eigenvalue weighted by molar-refractivity contribution is -0.202. The second-order valence-corrected chi connectivity index (χ2v) is 11.7. The number of nitrogens with two attached hydrogens (primary N) is 1. The third kappa shape index (κ3) is 8.91. The van der Waals surface area contributed by atoms with Crippen LogP contribution in [0.1, 0.15) is 59.3 Å². The van der Waals surface area contributed by atoms with Crippen LogP contribution in [0, 0.1) is 5.41 Å². The summed E-state index contributed by atoms with van der Waals surface area (Å²) in [5.74, 6) is -5.50. The standard InChI is InChI=1S/C33H34F3N5O5S/c1-20(17-27(42)46-31(45)33(34,35)36)41-28(23-12-6-3-7-13-23)30(44)40(19-22-9-4-2-5-10-22)25-16-15-21(18-24(25)29(41)43)11-8-14-26(47)39-32(37)38/h2-7,9-10,12-13,15-16,18,20,26,28,47H,8,11,14,17,19H2,1H3,(H4,37,38,39). The van der Waals surface area contributed by atoms with Crippen LogP contribution in [0.4, 0.5) is 18.9 Å². The molecule has 0 saturated carbocycles. The summed E-state index contributed by atoms with van der Waals surface area (Å²) in [5.41, 5.74) is 7.81. The Morgan fingerprint density at radius 1 is 1.02 bits per heavy atom. The predicted molar refractivity (Wildman–Crippen MR) is 171 cm³/mol. The molecule has 0 aromatic heterocycles. The van der Waals surface area contributed by atoms with Gasteiger partial charge < -0.3 is 25.6 Å². The van der Waals surface area contributed by atoms with Crippen molar-refractivity contribution in [1.29, 1.82) is 5.41 Å². The first-order chi connectivity index (χ1) is 22.3. The third-order valence-electron chi connectivity index (χ3n) is 7.53. The van der Waals surface area contributed by atoms with Gasteiger partial charge in [-0.2, -0.15) is 25.8 Å². The number of aryl methyl sites for hydroxylation is 1. The number of anilines is 1. The summed E-state index contributed by atoms with van der Waals surface area (Å²) in [7, 11) is 0. The molecule has 0 spiro atoms. The van der Waals surface area contributed by atoms with E-state index in [1.54, 1.807) is 48.5 Å². The maximum Gasteiger partial charge on any atom is 0.491 e. The third-order valence-corrected chi connectivity index (χ3v) is 7.92. The Hall–Kier alpha value is -4.85. The van der Waals surface area contributed by atoms with Crippen LogP contribution in [0.25, 0.3) is 0 Å². The van der Waals surface area contributed by atoms with E-state index < -0.39 is 48.4 Å². The van der Waals surface area contributed by atoms with Gasteiger partial charge in [-0.15, -0.1) is 0 Å². The lowest BCUT2D eigenvalue weighted by Gasteiger charge is -2.35. The molecule has 4 N–H and O–H groups in total. The molecule has 3 unspecified atom stereocenters. The summed E-state index contributed by atoms with van der Waals surface area (Å²) < 4.78 is 42.4. The predicted octanol–water partition coefficient (Wildman–Crippen LogP) is 4.89. The summed E-state index contributed by atoms with van der Waals surface area (Å²) in [6, 6.07) is 20.2. The van der Waals surface area contributed by atoms with E-state index in [0.717, 1.165) is 11.1 Å². The van der Waals surface area contributed by atoms with Crippen LogP contribution < -0.4 is 16.0 Å². The van der Waals surface area contributed by atoms with Crippen LogP contribution in [0.5, 0.6) is 0 Å². The number of halogens is 3. The molecule has 1 aliphatic heterocycles. The SMILES string of the molecule is CC(CC(=O)OC(=O)C(F)(F)F)N1C(=O)c2cc(CCCC(S)NC(=N)N)ccc2N(Cc2ccccc2)C(=O)C1c1ccccc1. The smallest absolute Gasteiger partial charge is 0.386 e. The van der Waals surface area contributed by atoms with Crippen molar-refractivity contribution in [2.24, 2.45) is 5.73 Å². The summed E-state index contributed by atoms with van der Waals surface area (Å²) in [6.07, 6.45) is -4.51. The van der Waals surface area contributed by atoms with Crippen molar-refractivity contribution >= 4 is 48.0 Å². The van der Waals surface area contributed by atoms with Gasteiger partial charge in [0.2, 0.25) is 0 Å². The number of rotatable bonds is 11. The highest BCUT2D eigenvalue weighted by Gasteiger charge is 2.45. The lowest BCUT2D eigenvalue weighted by atomic mass is 10.00. The Balaban J connectivity index is 1.77. The van der Waals surface area contributed by atoms with E-state index in [1.807, 2.05) is 30.3 Å². The van der Waals surface area contributed by atoms with Crippen molar-refractivity contribution in [1.82, 2.24) is 10.2 Å². The molecule has 3 aromatic carbocycles. The van der Waals surface area contributed by atoms with Gasteiger partial charge in [0.1, 0.15) is 6.04 Å². The maximum absolute atomic E-state index is 14.6. The van der Waals surface area contributed by atoms with Gasteiger partial charge in [-0.3, -0.25) is 19.8 Å². The minimum atomic E-state index is -5.39. The first-order valence-electron chi connectivity index (χ1n) is 14.7. The Kier molecular flexibility index (Phi) is 11.3. The minimum Gasteiger partial charge on any atom is -0.386 e. The molecule has 248 valence electrons. The Labute approximate surface area is 275 Å². The average Bonchev–Trinajstić information content (AvgIpc) is 3.09. The fraction of sp³-hybridized carbons (Fsp3) is 0.303. The van der Waals surface area contributed by atoms with Crippen LogP contribution in [-0.2, 0) is 32.1 Å². The molecule has 0 saturated heterocycles. The largest absolute Gasteiger partial charge is 0.491 e. The van der Waals surface area contributed by atoms with Gasteiger partial charge >= 0.3 is 18.1 Å². The summed E-state index contributed by atoms with van der Waals surface area (Å²) in [5, 5.41) is 9.71. The van der Waals surface area contributed by atoms with Gasteiger partial charge in [-0.05, 0) is 55.0 Å². The second-order valence-electron chi connectivity index (χ2n) is 11.1. The summed E-state index contributed by atoms with van der Waals surface area (Å²) in [6.45, 7) is 1.51. The van der Waals surface area contributed by atoms with E-state index in [0.29, 0.717) is 30.5 Å².